The maximum Gasteiger partial charge on any atom is 0.246 e. The van der Waals surface area contributed by atoms with E-state index in [9.17, 15) is 4.79 Å². The second-order valence-electron chi connectivity index (χ2n) is 6.63. The molecule has 29 heavy (non-hydrogen) atoms. The topological polar surface area (TPSA) is 69.5 Å². The van der Waals surface area contributed by atoms with Gasteiger partial charge in [-0.25, -0.2) is 9.67 Å². The van der Waals surface area contributed by atoms with E-state index < -0.39 is 0 Å². The summed E-state index contributed by atoms with van der Waals surface area (Å²) < 4.78 is 12.3. The van der Waals surface area contributed by atoms with Crippen molar-refractivity contribution in [2.24, 2.45) is 0 Å². The minimum absolute atomic E-state index is 0.0997. The smallest absolute Gasteiger partial charge is 0.246 e. The average Bonchev–Trinajstić information content (AvgIpc) is 3.43. The van der Waals surface area contributed by atoms with Gasteiger partial charge in [-0.1, -0.05) is 23.7 Å². The van der Waals surface area contributed by atoms with E-state index >= 15 is 0 Å². The van der Waals surface area contributed by atoms with Crippen LogP contribution >= 0.6 is 11.6 Å². The standard InChI is InChI=1S/C21H19ClN4O3/c1-14(16-4-6-17(7-5-16)26-12-23-11-24-26)25(2)20(27)8-3-15-9-18(22)21-19(10-15)28-13-29-21/h3-12,14H,13H2,1-2H3/b8-3+/t14-/m1/s1. The van der Waals surface area contributed by atoms with Gasteiger partial charge in [-0.2, -0.15) is 5.10 Å². The number of carbonyl (C=O) groups is 1. The molecule has 7 nitrogen and oxygen atoms in total. The van der Waals surface area contributed by atoms with Crippen LogP contribution in [0.4, 0.5) is 0 Å². The predicted octanol–water partition coefficient (Wildman–Crippen LogP) is 3.88. The largest absolute Gasteiger partial charge is 0.454 e. The number of carbonyl (C=O) groups excluding carboxylic acids is 1. The minimum Gasteiger partial charge on any atom is -0.454 e. The van der Waals surface area contributed by atoms with Crippen LogP contribution in [-0.2, 0) is 4.79 Å². The van der Waals surface area contributed by atoms with Crippen molar-refractivity contribution >= 4 is 23.6 Å². The van der Waals surface area contributed by atoms with Crippen LogP contribution in [0.2, 0.25) is 5.02 Å². The Hall–Kier alpha value is -3.32. The molecule has 0 bridgehead atoms. The van der Waals surface area contributed by atoms with Crippen LogP contribution in [0.15, 0.2) is 55.1 Å². The molecule has 0 radical (unpaired) electrons. The molecule has 3 aromatic rings. The predicted molar refractivity (Wildman–Crippen MR) is 109 cm³/mol. The Morgan fingerprint density at radius 1 is 1.28 bits per heavy atom. The molecule has 1 amide bonds. The minimum atomic E-state index is -0.119. The lowest BCUT2D eigenvalue weighted by atomic mass is 10.1. The maximum atomic E-state index is 12.6. The van der Waals surface area contributed by atoms with E-state index in [0.29, 0.717) is 16.5 Å². The first-order valence-electron chi connectivity index (χ1n) is 9.02. The van der Waals surface area contributed by atoms with Crippen molar-refractivity contribution in [1.82, 2.24) is 19.7 Å². The molecule has 2 heterocycles. The van der Waals surface area contributed by atoms with Crippen molar-refractivity contribution in [3.05, 3.63) is 71.3 Å². The number of hydrogen-bond donors (Lipinski definition) is 0. The Labute approximate surface area is 173 Å². The van der Waals surface area contributed by atoms with Gasteiger partial charge >= 0.3 is 0 Å². The Bertz CT molecular complexity index is 1050. The molecule has 4 rings (SSSR count). The Morgan fingerprint density at radius 3 is 2.79 bits per heavy atom. The molecule has 0 spiro atoms. The highest BCUT2D eigenvalue weighted by Gasteiger charge is 2.18. The van der Waals surface area contributed by atoms with E-state index in [2.05, 4.69) is 10.1 Å². The molecule has 1 atom stereocenters. The molecular formula is C21H19ClN4O3. The van der Waals surface area contributed by atoms with E-state index in [-0.39, 0.29) is 18.7 Å². The second kappa shape index (κ2) is 7.97. The molecule has 148 valence electrons. The van der Waals surface area contributed by atoms with Crippen molar-refractivity contribution < 1.29 is 14.3 Å². The molecule has 0 saturated heterocycles. The number of halogens is 1. The van der Waals surface area contributed by atoms with Crippen LogP contribution in [-0.4, -0.2) is 39.4 Å². The van der Waals surface area contributed by atoms with Crippen LogP contribution in [0.3, 0.4) is 0 Å². The summed E-state index contributed by atoms with van der Waals surface area (Å²) in [6.45, 7) is 2.13. The van der Waals surface area contributed by atoms with Gasteiger partial charge < -0.3 is 14.4 Å². The summed E-state index contributed by atoms with van der Waals surface area (Å²) in [5.41, 5.74) is 2.70. The van der Waals surface area contributed by atoms with E-state index in [1.165, 1.54) is 12.4 Å². The first-order valence-corrected chi connectivity index (χ1v) is 9.39. The highest BCUT2D eigenvalue weighted by molar-refractivity contribution is 6.32. The summed E-state index contributed by atoms with van der Waals surface area (Å²) in [5, 5.41) is 4.57. The Kier molecular flexibility index (Phi) is 5.22. The van der Waals surface area contributed by atoms with Gasteiger partial charge in [-0.3, -0.25) is 4.79 Å². The normalized spacial score (nSPS) is 13.6. The van der Waals surface area contributed by atoms with Gasteiger partial charge in [-0.15, -0.1) is 0 Å². The fraction of sp³-hybridized carbons (Fsp3) is 0.190. The highest BCUT2D eigenvalue weighted by atomic mass is 35.5. The lowest BCUT2D eigenvalue weighted by molar-refractivity contribution is -0.126. The van der Waals surface area contributed by atoms with Gasteiger partial charge in [0.25, 0.3) is 0 Å². The third-order valence-corrected chi connectivity index (χ3v) is 5.14. The van der Waals surface area contributed by atoms with Gasteiger partial charge in [0.1, 0.15) is 12.7 Å². The molecule has 0 saturated carbocycles. The zero-order valence-corrected chi connectivity index (χ0v) is 16.7. The molecule has 1 aromatic heterocycles. The maximum absolute atomic E-state index is 12.6. The number of rotatable bonds is 5. The molecule has 1 aliphatic rings. The Morgan fingerprint density at radius 2 is 2.07 bits per heavy atom. The zero-order valence-electron chi connectivity index (χ0n) is 15.9. The summed E-state index contributed by atoms with van der Waals surface area (Å²) in [5.74, 6) is 1.00. The highest BCUT2D eigenvalue weighted by Crippen LogP contribution is 2.40. The quantitative estimate of drug-likeness (QED) is 0.597. The fourth-order valence-electron chi connectivity index (χ4n) is 3.03. The summed E-state index contributed by atoms with van der Waals surface area (Å²) >= 11 is 6.19. The molecule has 0 N–H and O–H groups in total. The molecule has 0 aliphatic carbocycles. The van der Waals surface area contributed by atoms with Gasteiger partial charge in [-0.05, 0) is 48.4 Å². The number of benzene rings is 2. The third-order valence-electron chi connectivity index (χ3n) is 4.86. The van der Waals surface area contributed by atoms with Gasteiger partial charge in [0.15, 0.2) is 11.5 Å². The molecular weight excluding hydrogens is 392 g/mol. The van der Waals surface area contributed by atoms with Crippen molar-refractivity contribution in [3.63, 3.8) is 0 Å². The summed E-state index contributed by atoms with van der Waals surface area (Å²) in [4.78, 5) is 18.3. The number of likely N-dealkylation sites (N-methyl/N-ethyl adjacent to an activating group) is 1. The molecule has 0 fully saturated rings. The van der Waals surface area contributed by atoms with E-state index in [1.807, 2.05) is 31.2 Å². The van der Waals surface area contributed by atoms with Crippen molar-refractivity contribution in [2.45, 2.75) is 13.0 Å². The summed E-state index contributed by atoms with van der Waals surface area (Å²) in [6, 6.07) is 11.3. The van der Waals surface area contributed by atoms with Crippen LogP contribution in [0, 0.1) is 0 Å². The first-order chi connectivity index (χ1) is 14.0. The second-order valence-corrected chi connectivity index (χ2v) is 7.03. The number of aromatic nitrogens is 3. The number of ether oxygens (including phenoxy) is 2. The monoisotopic (exact) mass is 410 g/mol. The number of hydrogen-bond acceptors (Lipinski definition) is 5. The Balaban J connectivity index is 1.44. The molecule has 0 unspecified atom stereocenters. The molecule has 1 aliphatic heterocycles. The first kappa shape index (κ1) is 19.0. The molecule has 8 heteroatoms. The van der Waals surface area contributed by atoms with Crippen LogP contribution in [0.25, 0.3) is 11.8 Å². The van der Waals surface area contributed by atoms with Crippen molar-refractivity contribution in [2.75, 3.05) is 13.8 Å². The summed E-state index contributed by atoms with van der Waals surface area (Å²) in [6.07, 6.45) is 6.37. The SMILES string of the molecule is C[C@H](c1ccc(-n2cncn2)cc1)N(C)C(=O)/C=C/c1cc(Cl)c2c(c1)OCO2. The lowest BCUT2D eigenvalue weighted by Gasteiger charge is -2.24. The van der Waals surface area contributed by atoms with E-state index in [0.717, 1.165) is 16.8 Å². The number of fused-ring (bicyclic) bond motifs is 1. The zero-order chi connectivity index (χ0) is 20.4. The van der Waals surface area contributed by atoms with Crippen molar-refractivity contribution in [1.29, 1.82) is 0 Å². The summed E-state index contributed by atoms with van der Waals surface area (Å²) in [7, 11) is 1.77. The van der Waals surface area contributed by atoms with Crippen molar-refractivity contribution in [3.8, 4) is 17.2 Å². The third kappa shape index (κ3) is 3.95. The fourth-order valence-corrected chi connectivity index (χ4v) is 3.30. The van der Waals surface area contributed by atoms with Gasteiger partial charge in [0.2, 0.25) is 12.7 Å². The van der Waals surface area contributed by atoms with Gasteiger partial charge in [0, 0.05) is 13.1 Å². The van der Waals surface area contributed by atoms with Crippen LogP contribution in [0.1, 0.15) is 24.1 Å². The van der Waals surface area contributed by atoms with Crippen LogP contribution in [0.5, 0.6) is 11.5 Å². The van der Waals surface area contributed by atoms with Crippen LogP contribution < -0.4 is 9.47 Å². The van der Waals surface area contributed by atoms with E-state index in [4.69, 9.17) is 21.1 Å². The number of nitrogens with zero attached hydrogens (tertiary/aromatic N) is 4. The van der Waals surface area contributed by atoms with Gasteiger partial charge in [0.05, 0.1) is 16.8 Å². The van der Waals surface area contributed by atoms with E-state index in [1.54, 1.807) is 41.2 Å². The number of amides is 1. The molecule has 2 aromatic carbocycles. The lowest BCUT2D eigenvalue weighted by Crippen LogP contribution is -2.27. The average molecular weight is 411 g/mol.